The molecule has 0 heterocycles. The number of carbonyl (C=O) groups is 3. The third kappa shape index (κ3) is 54.8. The van der Waals surface area contributed by atoms with Gasteiger partial charge in [-0.25, -0.2) is 0 Å². The van der Waals surface area contributed by atoms with Crippen molar-refractivity contribution in [2.45, 2.75) is 341 Å². The van der Waals surface area contributed by atoms with Crippen LogP contribution < -0.4 is 0 Å². The zero-order valence-electron chi connectivity index (χ0n) is 45.9. The molecule has 1 atom stereocenters. The zero-order chi connectivity index (χ0) is 49.3. The van der Waals surface area contributed by atoms with Gasteiger partial charge in [0, 0.05) is 19.3 Å². The molecule has 0 saturated heterocycles. The highest BCUT2D eigenvalue weighted by Gasteiger charge is 2.19. The van der Waals surface area contributed by atoms with Crippen molar-refractivity contribution >= 4 is 17.9 Å². The molecule has 1 unspecified atom stereocenters. The summed E-state index contributed by atoms with van der Waals surface area (Å²) in [6, 6.07) is 0. The van der Waals surface area contributed by atoms with E-state index < -0.39 is 6.10 Å². The van der Waals surface area contributed by atoms with Gasteiger partial charge in [0.05, 0.1) is 0 Å². The highest BCUT2D eigenvalue weighted by Crippen LogP contribution is 2.17. The molecular formula is C62H116O6. The summed E-state index contributed by atoms with van der Waals surface area (Å²) in [4.78, 5) is 37.9. The van der Waals surface area contributed by atoms with Gasteiger partial charge in [0.2, 0.25) is 0 Å². The molecule has 0 saturated carbocycles. The summed E-state index contributed by atoms with van der Waals surface area (Å²) in [7, 11) is 0. The SMILES string of the molecule is CCCCCCCCCC/C=C\CCCCCCCCCCCCCC(=O)OCC(COC(=O)CCCCCCCC)OC(=O)CCCCCCCCCCC/C=C\CCCCCCCCCC. The van der Waals surface area contributed by atoms with Crippen molar-refractivity contribution < 1.29 is 28.6 Å². The van der Waals surface area contributed by atoms with Gasteiger partial charge in [0.1, 0.15) is 13.2 Å². The summed E-state index contributed by atoms with van der Waals surface area (Å²) in [6.45, 7) is 6.63. The van der Waals surface area contributed by atoms with Crippen LogP contribution in [0.1, 0.15) is 335 Å². The highest BCUT2D eigenvalue weighted by molar-refractivity contribution is 5.71. The molecule has 0 rings (SSSR count). The Kier molecular flexibility index (Phi) is 55.7. The molecule has 0 aliphatic heterocycles. The topological polar surface area (TPSA) is 78.9 Å². The lowest BCUT2D eigenvalue weighted by Gasteiger charge is -2.18. The van der Waals surface area contributed by atoms with Gasteiger partial charge in [-0.1, -0.05) is 270 Å². The normalized spacial score (nSPS) is 12.1. The first kappa shape index (κ1) is 65.9. The Bertz CT molecular complexity index is 1100. The number of esters is 3. The summed E-state index contributed by atoms with van der Waals surface area (Å²) in [5.74, 6) is -0.863. The Morgan fingerprint density at radius 3 is 0.735 bits per heavy atom. The Labute approximate surface area is 423 Å². The molecule has 0 amide bonds. The van der Waals surface area contributed by atoms with Gasteiger partial charge in [-0.2, -0.15) is 0 Å². The number of ether oxygens (including phenoxy) is 3. The maximum Gasteiger partial charge on any atom is 0.306 e. The van der Waals surface area contributed by atoms with Crippen molar-refractivity contribution in [1.82, 2.24) is 0 Å². The van der Waals surface area contributed by atoms with Gasteiger partial charge < -0.3 is 14.2 Å². The van der Waals surface area contributed by atoms with E-state index in [1.165, 1.54) is 238 Å². The first-order valence-electron chi connectivity index (χ1n) is 30.3. The van der Waals surface area contributed by atoms with E-state index in [4.69, 9.17) is 14.2 Å². The molecule has 400 valence electrons. The Morgan fingerprint density at radius 1 is 0.279 bits per heavy atom. The highest BCUT2D eigenvalue weighted by atomic mass is 16.6. The molecule has 6 heteroatoms. The predicted molar refractivity (Wildman–Crippen MR) is 293 cm³/mol. The van der Waals surface area contributed by atoms with Crippen molar-refractivity contribution in [1.29, 1.82) is 0 Å². The maximum atomic E-state index is 12.8. The van der Waals surface area contributed by atoms with Gasteiger partial charge in [0.25, 0.3) is 0 Å². The molecule has 0 aromatic heterocycles. The number of allylic oxidation sites excluding steroid dienone is 4. The van der Waals surface area contributed by atoms with Crippen molar-refractivity contribution in [3.05, 3.63) is 24.3 Å². The van der Waals surface area contributed by atoms with Crippen LogP contribution in [0.5, 0.6) is 0 Å². The van der Waals surface area contributed by atoms with Gasteiger partial charge >= 0.3 is 17.9 Å². The van der Waals surface area contributed by atoms with Gasteiger partial charge in [-0.05, 0) is 70.6 Å². The van der Waals surface area contributed by atoms with Crippen LogP contribution in [0.15, 0.2) is 24.3 Å². The van der Waals surface area contributed by atoms with Crippen LogP contribution in [0.3, 0.4) is 0 Å². The molecule has 68 heavy (non-hydrogen) atoms. The first-order valence-corrected chi connectivity index (χ1v) is 30.3. The third-order valence-corrected chi connectivity index (χ3v) is 13.7. The van der Waals surface area contributed by atoms with E-state index in [1.807, 2.05) is 0 Å². The van der Waals surface area contributed by atoms with Crippen molar-refractivity contribution in [3.63, 3.8) is 0 Å². The summed E-state index contributed by atoms with van der Waals surface area (Å²) in [5, 5.41) is 0. The van der Waals surface area contributed by atoms with E-state index in [2.05, 4.69) is 45.1 Å². The zero-order valence-corrected chi connectivity index (χ0v) is 45.9. The number of unbranched alkanes of at least 4 members (excludes halogenated alkanes) is 41. The Hall–Kier alpha value is -2.11. The standard InChI is InChI=1S/C62H116O6/c1-4-7-10-13-16-18-20-22-24-26-28-30-31-33-34-36-38-40-42-44-46-49-52-55-61(64)67-58-59(57-66-60(63)54-51-48-15-12-9-6-3)68-62(65)56-53-50-47-45-43-41-39-37-35-32-29-27-25-23-21-19-17-14-11-8-5-2/h26-29,59H,4-25,30-58H2,1-3H3/b28-26-,29-27-. The minimum absolute atomic E-state index is 0.0689. The quantitative estimate of drug-likeness (QED) is 0.0262. The number of hydrogen-bond donors (Lipinski definition) is 0. The van der Waals surface area contributed by atoms with Crippen LogP contribution in [0.2, 0.25) is 0 Å². The molecule has 0 bridgehead atoms. The molecule has 0 aliphatic rings. The summed E-state index contributed by atoms with van der Waals surface area (Å²) >= 11 is 0. The van der Waals surface area contributed by atoms with Gasteiger partial charge in [-0.3, -0.25) is 14.4 Å². The second kappa shape index (κ2) is 57.5. The van der Waals surface area contributed by atoms with E-state index in [0.29, 0.717) is 19.3 Å². The number of rotatable bonds is 56. The lowest BCUT2D eigenvalue weighted by Crippen LogP contribution is -2.30. The van der Waals surface area contributed by atoms with Gasteiger partial charge in [0.15, 0.2) is 6.10 Å². The van der Waals surface area contributed by atoms with Crippen molar-refractivity contribution in [2.24, 2.45) is 0 Å². The van der Waals surface area contributed by atoms with E-state index in [-0.39, 0.29) is 31.1 Å². The molecule has 0 spiro atoms. The Morgan fingerprint density at radius 2 is 0.485 bits per heavy atom. The number of hydrogen-bond acceptors (Lipinski definition) is 6. The molecule has 0 aromatic rings. The molecule has 0 radical (unpaired) electrons. The molecule has 0 N–H and O–H groups in total. The fourth-order valence-electron chi connectivity index (χ4n) is 9.08. The van der Waals surface area contributed by atoms with Crippen LogP contribution in [-0.2, 0) is 28.6 Å². The van der Waals surface area contributed by atoms with Crippen LogP contribution in [0.25, 0.3) is 0 Å². The summed E-state index contributed by atoms with van der Waals surface area (Å²) in [5.41, 5.74) is 0. The smallest absolute Gasteiger partial charge is 0.306 e. The van der Waals surface area contributed by atoms with E-state index in [0.717, 1.165) is 57.8 Å². The predicted octanol–water partition coefficient (Wildman–Crippen LogP) is 20.3. The molecule has 0 aromatic carbocycles. The average molecular weight is 958 g/mol. The van der Waals surface area contributed by atoms with Gasteiger partial charge in [-0.15, -0.1) is 0 Å². The van der Waals surface area contributed by atoms with Crippen LogP contribution in [0, 0.1) is 0 Å². The fourth-order valence-corrected chi connectivity index (χ4v) is 9.08. The lowest BCUT2D eigenvalue weighted by molar-refractivity contribution is -0.167. The minimum atomic E-state index is -0.767. The molecule has 6 nitrogen and oxygen atoms in total. The fraction of sp³-hybridized carbons (Fsp3) is 0.887. The van der Waals surface area contributed by atoms with E-state index in [9.17, 15) is 14.4 Å². The lowest BCUT2D eigenvalue weighted by atomic mass is 10.0. The Balaban J connectivity index is 4.08. The second-order valence-corrected chi connectivity index (χ2v) is 20.6. The first-order chi connectivity index (χ1) is 33.5. The van der Waals surface area contributed by atoms with E-state index >= 15 is 0 Å². The summed E-state index contributed by atoms with van der Waals surface area (Å²) < 4.78 is 16.8. The van der Waals surface area contributed by atoms with Crippen LogP contribution in [0.4, 0.5) is 0 Å². The van der Waals surface area contributed by atoms with Crippen LogP contribution >= 0.6 is 0 Å². The third-order valence-electron chi connectivity index (χ3n) is 13.7. The molecular weight excluding hydrogens is 841 g/mol. The monoisotopic (exact) mass is 957 g/mol. The molecule has 0 aliphatic carbocycles. The largest absolute Gasteiger partial charge is 0.462 e. The maximum absolute atomic E-state index is 12.8. The average Bonchev–Trinajstić information content (AvgIpc) is 3.34. The van der Waals surface area contributed by atoms with Crippen molar-refractivity contribution in [2.75, 3.05) is 13.2 Å². The van der Waals surface area contributed by atoms with Crippen LogP contribution in [-0.4, -0.2) is 37.2 Å². The van der Waals surface area contributed by atoms with Crippen molar-refractivity contribution in [3.8, 4) is 0 Å². The summed E-state index contributed by atoms with van der Waals surface area (Å²) in [6.07, 6.45) is 67.8. The minimum Gasteiger partial charge on any atom is -0.462 e. The molecule has 0 fully saturated rings. The second-order valence-electron chi connectivity index (χ2n) is 20.6. The number of carbonyl (C=O) groups excluding carboxylic acids is 3. The van der Waals surface area contributed by atoms with E-state index in [1.54, 1.807) is 0 Å².